The second-order valence-corrected chi connectivity index (χ2v) is 9.38. The number of benzene rings is 2. The monoisotopic (exact) mass is 459 g/mol. The highest BCUT2D eigenvalue weighted by atomic mass is 32.2. The van der Waals surface area contributed by atoms with Crippen LogP contribution in [-0.4, -0.2) is 41.9 Å². The van der Waals surface area contributed by atoms with Gasteiger partial charge in [-0.3, -0.25) is 0 Å². The number of hydrogen-bond acceptors (Lipinski definition) is 7. The summed E-state index contributed by atoms with van der Waals surface area (Å²) in [6.07, 6.45) is 3.76. The molecule has 0 bridgehead atoms. The number of ether oxygens (including phenoxy) is 1. The largest absolute Gasteiger partial charge is 0.452 e. The fraction of sp³-hybridized carbons (Fsp3) is 0.318. The van der Waals surface area contributed by atoms with E-state index in [1.807, 2.05) is 0 Å². The third-order valence-electron chi connectivity index (χ3n) is 5.19. The normalized spacial score (nSPS) is 15.3. The molecule has 0 amide bonds. The van der Waals surface area contributed by atoms with Gasteiger partial charge in [0.2, 0.25) is 15.8 Å². The Hall–Kier alpha value is -3.11. The minimum Gasteiger partial charge on any atom is -0.452 e. The molecule has 1 aromatic heterocycles. The second-order valence-electron chi connectivity index (χ2n) is 7.44. The number of carbonyl (C=O) groups is 1. The lowest BCUT2D eigenvalue weighted by atomic mass is 10.2. The van der Waals surface area contributed by atoms with Crippen molar-refractivity contribution in [1.29, 1.82) is 0 Å². The van der Waals surface area contributed by atoms with Crippen LogP contribution in [0.4, 0.5) is 4.39 Å². The third-order valence-corrected chi connectivity index (χ3v) is 7.10. The summed E-state index contributed by atoms with van der Waals surface area (Å²) in [4.78, 5) is 16.6. The minimum atomic E-state index is -3.58. The van der Waals surface area contributed by atoms with Crippen molar-refractivity contribution in [1.82, 2.24) is 14.4 Å². The average molecular weight is 459 g/mol. The Morgan fingerprint density at radius 1 is 1.00 bits per heavy atom. The summed E-state index contributed by atoms with van der Waals surface area (Å²) in [6, 6.07) is 11.3. The van der Waals surface area contributed by atoms with Crippen molar-refractivity contribution in [2.45, 2.75) is 37.2 Å². The zero-order chi connectivity index (χ0) is 22.6. The van der Waals surface area contributed by atoms with Gasteiger partial charge in [-0.15, -0.1) is 0 Å². The first-order valence-electron chi connectivity index (χ1n) is 10.3. The molecule has 1 aliphatic heterocycles. The van der Waals surface area contributed by atoms with E-state index < -0.39 is 16.0 Å². The first kappa shape index (κ1) is 22.1. The number of hydrogen-bond donors (Lipinski definition) is 0. The predicted octanol–water partition coefficient (Wildman–Crippen LogP) is 3.80. The van der Waals surface area contributed by atoms with Crippen molar-refractivity contribution >= 4 is 16.0 Å². The van der Waals surface area contributed by atoms with Gasteiger partial charge in [0.1, 0.15) is 5.82 Å². The lowest BCUT2D eigenvalue weighted by Crippen LogP contribution is -2.31. The average Bonchev–Trinajstić information content (AvgIpc) is 3.10. The van der Waals surface area contributed by atoms with Crippen LogP contribution in [-0.2, 0) is 21.4 Å². The van der Waals surface area contributed by atoms with E-state index >= 15 is 0 Å². The first-order valence-corrected chi connectivity index (χ1v) is 11.7. The summed E-state index contributed by atoms with van der Waals surface area (Å²) in [6.45, 7) is 0.771. The number of rotatable bonds is 6. The van der Waals surface area contributed by atoms with Crippen LogP contribution in [0.25, 0.3) is 11.4 Å². The Morgan fingerprint density at radius 3 is 2.31 bits per heavy atom. The Balaban J connectivity index is 1.37. The van der Waals surface area contributed by atoms with Crippen molar-refractivity contribution < 1.29 is 26.9 Å². The van der Waals surface area contributed by atoms with E-state index in [1.165, 1.54) is 52.8 Å². The second kappa shape index (κ2) is 9.58. The van der Waals surface area contributed by atoms with Crippen molar-refractivity contribution in [3.63, 3.8) is 0 Å². The molecule has 0 saturated carbocycles. The molecule has 0 radical (unpaired) electrons. The lowest BCUT2D eigenvalue weighted by Gasteiger charge is -2.19. The molecule has 8 nitrogen and oxygen atoms in total. The van der Waals surface area contributed by atoms with Gasteiger partial charge in [0.15, 0.2) is 6.61 Å². The maximum Gasteiger partial charge on any atom is 0.338 e. The van der Waals surface area contributed by atoms with E-state index in [-0.39, 0.29) is 34.6 Å². The zero-order valence-electron chi connectivity index (χ0n) is 17.2. The molecule has 10 heteroatoms. The molecule has 2 aromatic carbocycles. The van der Waals surface area contributed by atoms with Crippen LogP contribution >= 0.6 is 0 Å². The highest BCUT2D eigenvalue weighted by molar-refractivity contribution is 7.89. The number of carbonyl (C=O) groups excluding carboxylic acids is 1. The van der Waals surface area contributed by atoms with Crippen molar-refractivity contribution in [3.05, 3.63) is 65.8 Å². The van der Waals surface area contributed by atoms with Gasteiger partial charge in [-0.2, -0.15) is 9.29 Å². The van der Waals surface area contributed by atoms with Crippen LogP contribution in [0.5, 0.6) is 0 Å². The molecular formula is C22H22FN3O5S. The molecule has 168 valence electrons. The van der Waals surface area contributed by atoms with Gasteiger partial charge < -0.3 is 9.26 Å². The number of halogens is 1. The molecule has 0 unspecified atom stereocenters. The Morgan fingerprint density at radius 2 is 1.66 bits per heavy atom. The number of aromatic nitrogens is 2. The molecule has 1 fully saturated rings. The molecule has 0 aliphatic carbocycles. The van der Waals surface area contributed by atoms with E-state index in [9.17, 15) is 17.6 Å². The predicted molar refractivity (Wildman–Crippen MR) is 112 cm³/mol. The number of nitrogens with zero attached hydrogens (tertiary/aromatic N) is 3. The van der Waals surface area contributed by atoms with E-state index in [0.29, 0.717) is 18.7 Å². The molecule has 3 aromatic rings. The summed E-state index contributed by atoms with van der Waals surface area (Å²) in [7, 11) is -3.58. The Kier molecular flexibility index (Phi) is 6.61. The highest BCUT2D eigenvalue weighted by Gasteiger charge is 2.25. The molecule has 1 saturated heterocycles. The van der Waals surface area contributed by atoms with Gasteiger partial charge >= 0.3 is 5.97 Å². The van der Waals surface area contributed by atoms with Crippen LogP contribution in [0.1, 0.15) is 41.9 Å². The van der Waals surface area contributed by atoms with E-state index in [2.05, 4.69) is 10.1 Å². The van der Waals surface area contributed by atoms with Gasteiger partial charge in [-0.25, -0.2) is 17.6 Å². The van der Waals surface area contributed by atoms with Crippen LogP contribution in [0.15, 0.2) is 57.9 Å². The van der Waals surface area contributed by atoms with E-state index in [4.69, 9.17) is 9.26 Å². The van der Waals surface area contributed by atoms with E-state index in [1.54, 1.807) is 0 Å². The summed E-state index contributed by atoms with van der Waals surface area (Å²) in [5.41, 5.74) is 0.770. The summed E-state index contributed by atoms with van der Waals surface area (Å²) >= 11 is 0. The molecule has 32 heavy (non-hydrogen) atoms. The molecule has 0 spiro atoms. The topological polar surface area (TPSA) is 103 Å². The molecular weight excluding hydrogens is 437 g/mol. The van der Waals surface area contributed by atoms with Crippen molar-refractivity contribution in [2.75, 3.05) is 13.1 Å². The maximum absolute atomic E-state index is 13.0. The first-order chi connectivity index (χ1) is 15.4. The highest BCUT2D eigenvalue weighted by Crippen LogP contribution is 2.21. The van der Waals surface area contributed by atoms with Gasteiger partial charge in [-0.1, -0.05) is 18.0 Å². The fourth-order valence-electron chi connectivity index (χ4n) is 3.43. The molecule has 1 aliphatic rings. The smallest absolute Gasteiger partial charge is 0.338 e. The molecule has 4 rings (SSSR count). The summed E-state index contributed by atoms with van der Waals surface area (Å²) < 4.78 is 50.4. The van der Waals surface area contributed by atoms with E-state index in [0.717, 1.165) is 25.7 Å². The van der Waals surface area contributed by atoms with Gasteiger partial charge in [0, 0.05) is 18.7 Å². The SMILES string of the molecule is O=C(OCc1nc(-c2ccc(F)cc2)no1)c1ccc(S(=O)(=O)N2CCCCCC2)cc1. The standard InChI is InChI=1S/C22H22FN3O5S/c23-18-9-5-16(6-10-18)21-24-20(31-25-21)15-30-22(27)17-7-11-19(12-8-17)32(28,29)26-13-3-1-2-4-14-26/h5-12H,1-4,13-15H2. The van der Waals surface area contributed by atoms with Crippen molar-refractivity contribution in [2.24, 2.45) is 0 Å². The molecule has 0 atom stereocenters. The fourth-order valence-corrected chi connectivity index (χ4v) is 4.95. The van der Waals surface area contributed by atoms with Gasteiger partial charge in [-0.05, 0) is 61.4 Å². The quantitative estimate of drug-likeness (QED) is 0.517. The summed E-state index contributed by atoms with van der Waals surface area (Å²) in [5, 5.41) is 3.79. The molecule has 2 heterocycles. The van der Waals surface area contributed by atoms with Crippen LogP contribution in [0, 0.1) is 5.82 Å². The van der Waals surface area contributed by atoms with Crippen LogP contribution in [0.3, 0.4) is 0 Å². The maximum atomic E-state index is 13.0. The third kappa shape index (κ3) is 5.03. The van der Waals surface area contributed by atoms with Gasteiger partial charge in [0.25, 0.3) is 5.89 Å². The number of esters is 1. The Bertz CT molecular complexity index is 1170. The van der Waals surface area contributed by atoms with Crippen LogP contribution < -0.4 is 0 Å². The summed E-state index contributed by atoms with van der Waals surface area (Å²) in [5.74, 6) is -0.695. The minimum absolute atomic E-state index is 0.0815. The lowest BCUT2D eigenvalue weighted by molar-refractivity contribution is 0.0429. The molecule has 0 N–H and O–H groups in total. The van der Waals surface area contributed by atoms with Gasteiger partial charge in [0.05, 0.1) is 10.5 Å². The van der Waals surface area contributed by atoms with Crippen molar-refractivity contribution in [3.8, 4) is 11.4 Å². The number of sulfonamides is 1. The van der Waals surface area contributed by atoms with Crippen LogP contribution in [0.2, 0.25) is 0 Å². The Labute approximate surface area is 185 Å². The zero-order valence-corrected chi connectivity index (χ0v) is 18.1.